The number of aromatic nitrogens is 5. The molecule has 4 rings (SSSR count). The number of nitrogens with zero attached hydrogens (tertiary/aromatic N) is 6. The first kappa shape index (κ1) is 13.7. The van der Waals surface area contributed by atoms with Gasteiger partial charge in [-0.05, 0) is 18.9 Å². The van der Waals surface area contributed by atoms with E-state index in [-0.39, 0.29) is 18.4 Å². The van der Waals surface area contributed by atoms with Crippen LogP contribution in [-0.2, 0) is 4.79 Å². The van der Waals surface area contributed by atoms with Gasteiger partial charge in [0.05, 0.1) is 11.7 Å². The normalized spacial score (nSPS) is 18.4. The Labute approximate surface area is 132 Å². The molecular formula is C15H15N7O. The van der Waals surface area contributed by atoms with Crippen LogP contribution in [0.5, 0.6) is 0 Å². The minimum Gasteiger partial charge on any atom is -0.345 e. The van der Waals surface area contributed by atoms with Gasteiger partial charge in [0.2, 0.25) is 0 Å². The van der Waals surface area contributed by atoms with E-state index in [9.17, 15) is 4.79 Å². The number of carbonyl (C=O) groups excluding carboxylic acids is 1. The Bertz CT molecular complexity index is 919. The Balaban J connectivity index is 1.72. The molecule has 0 radical (unpaired) electrons. The zero-order valence-electron chi connectivity index (χ0n) is 12.4. The van der Waals surface area contributed by atoms with Crippen molar-refractivity contribution in [2.45, 2.75) is 18.8 Å². The predicted molar refractivity (Wildman–Crippen MR) is 82.7 cm³/mol. The largest absolute Gasteiger partial charge is 0.345 e. The number of aromatic amines is 1. The second-order valence-corrected chi connectivity index (χ2v) is 5.72. The average molecular weight is 309 g/mol. The Kier molecular flexibility index (Phi) is 3.19. The predicted octanol–water partition coefficient (Wildman–Crippen LogP) is 1.23. The summed E-state index contributed by atoms with van der Waals surface area (Å²) in [5.41, 5.74) is 2.43. The summed E-state index contributed by atoms with van der Waals surface area (Å²) in [5, 5.41) is 8.56. The fraction of sp³-hybridized carbons (Fsp3) is 0.400. The van der Waals surface area contributed by atoms with Crippen LogP contribution in [-0.4, -0.2) is 55.0 Å². The number of nitrogens with one attached hydrogen (secondary N) is 1. The molecule has 116 valence electrons. The van der Waals surface area contributed by atoms with Crippen LogP contribution in [0.1, 0.15) is 24.6 Å². The van der Waals surface area contributed by atoms with Gasteiger partial charge < -0.3 is 14.7 Å². The molecule has 1 amide bonds. The molecule has 23 heavy (non-hydrogen) atoms. The first-order chi connectivity index (χ1) is 11.3. The van der Waals surface area contributed by atoms with E-state index >= 15 is 0 Å². The number of rotatable bonds is 2. The molecule has 0 saturated carbocycles. The Morgan fingerprint density at radius 1 is 1.48 bits per heavy atom. The topological polar surface area (TPSA) is 83.5 Å². The van der Waals surface area contributed by atoms with Gasteiger partial charge in [0.1, 0.15) is 5.82 Å². The van der Waals surface area contributed by atoms with Crippen LogP contribution in [0.3, 0.4) is 0 Å². The lowest BCUT2D eigenvalue weighted by atomic mass is 9.97. The van der Waals surface area contributed by atoms with Crippen molar-refractivity contribution in [3.8, 4) is 0 Å². The summed E-state index contributed by atoms with van der Waals surface area (Å²) in [6, 6.07) is 1.95. The highest BCUT2D eigenvalue weighted by atomic mass is 16.2. The van der Waals surface area contributed by atoms with Crippen molar-refractivity contribution in [3.63, 3.8) is 0 Å². The maximum atomic E-state index is 12.0. The third-order valence-corrected chi connectivity index (χ3v) is 4.32. The van der Waals surface area contributed by atoms with Crippen LogP contribution < -0.4 is 0 Å². The quantitative estimate of drug-likeness (QED) is 0.722. The van der Waals surface area contributed by atoms with Crippen LogP contribution in [0.25, 0.3) is 21.7 Å². The average Bonchev–Trinajstić information content (AvgIpc) is 3.21. The number of amides is 1. The highest BCUT2D eigenvalue weighted by Gasteiger charge is 2.29. The molecule has 0 aromatic carbocycles. The lowest BCUT2D eigenvalue weighted by Gasteiger charge is -2.30. The second kappa shape index (κ2) is 5.35. The summed E-state index contributed by atoms with van der Waals surface area (Å²) >= 11 is 0. The first-order valence-corrected chi connectivity index (χ1v) is 7.56. The van der Waals surface area contributed by atoms with Crippen LogP contribution in [0.2, 0.25) is 0 Å². The molecule has 3 aromatic rings. The number of H-pyrrole nitrogens is 1. The summed E-state index contributed by atoms with van der Waals surface area (Å²) in [4.78, 5) is 24.4. The summed E-state index contributed by atoms with van der Waals surface area (Å²) in [6.07, 6.45) is 5.40. The van der Waals surface area contributed by atoms with E-state index in [2.05, 4.69) is 25.0 Å². The smallest absolute Gasteiger partial charge is 0.302 e. The van der Waals surface area contributed by atoms with E-state index in [4.69, 9.17) is 6.57 Å². The van der Waals surface area contributed by atoms with E-state index in [0.717, 1.165) is 29.8 Å². The van der Waals surface area contributed by atoms with Crippen LogP contribution in [0, 0.1) is 6.57 Å². The van der Waals surface area contributed by atoms with Crippen molar-refractivity contribution in [2.75, 3.05) is 19.6 Å². The van der Waals surface area contributed by atoms with Gasteiger partial charge in [0.25, 0.3) is 6.54 Å². The molecule has 1 fully saturated rings. The minimum absolute atomic E-state index is 0.0841. The van der Waals surface area contributed by atoms with Crippen LogP contribution in [0.4, 0.5) is 0 Å². The van der Waals surface area contributed by atoms with Crippen LogP contribution >= 0.6 is 0 Å². The van der Waals surface area contributed by atoms with Gasteiger partial charge in [-0.25, -0.2) is 11.6 Å². The van der Waals surface area contributed by atoms with Gasteiger partial charge in [-0.15, -0.1) is 10.2 Å². The Morgan fingerprint density at radius 2 is 2.39 bits per heavy atom. The van der Waals surface area contributed by atoms with Crippen molar-refractivity contribution in [1.82, 2.24) is 29.5 Å². The maximum Gasteiger partial charge on any atom is 0.302 e. The van der Waals surface area contributed by atoms with Gasteiger partial charge in [0, 0.05) is 25.2 Å². The molecule has 1 aliphatic heterocycles. The molecule has 1 aliphatic rings. The number of fused-ring (bicyclic) bond motifs is 3. The molecule has 8 nitrogen and oxygen atoms in total. The van der Waals surface area contributed by atoms with Gasteiger partial charge in [-0.3, -0.25) is 9.20 Å². The SMILES string of the molecule is [C-]#[N+]CC(=O)N1CCC[C@@H](c2nnc3cnc4[nH]ccc4n23)C1. The van der Waals surface area contributed by atoms with E-state index < -0.39 is 0 Å². The van der Waals surface area contributed by atoms with Crippen LogP contribution in [0.15, 0.2) is 18.5 Å². The molecule has 0 bridgehead atoms. The monoisotopic (exact) mass is 309 g/mol. The van der Waals surface area contributed by atoms with Gasteiger partial charge in [-0.1, -0.05) is 0 Å². The second-order valence-electron chi connectivity index (χ2n) is 5.72. The lowest BCUT2D eigenvalue weighted by molar-refractivity contribution is -0.130. The van der Waals surface area contributed by atoms with Crippen molar-refractivity contribution < 1.29 is 4.79 Å². The fourth-order valence-electron chi connectivity index (χ4n) is 3.24. The molecular weight excluding hydrogens is 294 g/mol. The van der Waals surface area contributed by atoms with Crippen molar-refractivity contribution >= 4 is 22.7 Å². The van der Waals surface area contributed by atoms with E-state index in [0.29, 0.717) is 18.7 Å². The number of likely N-dealkylation sites (tertiary alicyclic amines) is 1. The molecule has 3 aromatic heterocycles. The highest BCUT2D eigenvalue weighted by molar-refractivity contribution is 5.80. The zero-order valence-corrected chi connectivity index (χ0v) is 12.4. The third kappa shape index (κ3) is 2.21. The van der Waals surface area contributed by atoms with E-state index in [1.54, 1.807) is 11.1 Å². The van der Waals surface area contributed by atoms with Gasteiger partial charge in [0.15, 0.2) is 11.3 Å². The summed E-state index contributed by atoms with van der Waals surface area (Å²) in [5.74, 6) is 0.869. The number of hydrogen-bond acceptors (Lipinski definition) is 4. The number of piperidine rings is 1. The summed E-state index contributed by atoms with van der Waals surface area (Å²) in [6.45, 7) is 8.08. The van der Waals surface area contributed by atoms with E-state index in [1.165, 1.54) is 0 Å². The van der Waals surface area contributed by atoms with Crippen molar-refractivity contribution in [3.05, 3.63) is 35.7 Å². The minimum atomic E-state index is -0.105. The summed E-state index contributed by atoms with van der Waals surface area (Å²) in [7, 11) is 0. The maximum absolute atomic E-state index is 12.0. The first-order valence-electron chi connectivity index (χ1n) is 7.56. The molecule has 8 heteroatoms. The Hall–Kier alpha value is -2.95. The number of carbonyl (C=O) groups is 1. The number of hydrogen-bond donors (Lipinski definition) is 1. The lowest BCUT2D eigenvalue weighted by Crippen LogP contribution is -2.40. The zero-order chi connectivity index (χ0) is 15.8. The molecule has 1 atom stereocenters. The molecule has 0 spiro atoms. The molecule has 1 N–H and O–H groups in total. The standard InChI is InChI=1S/C15H15N7O/c1-16-8-13(23)21-6-2-3-10(9-21)15-20-19-12-7-18-14-11(22(12)15)4-5-17-14/h4-5,7,10,17H,2-3,6,8-9H2/t10-/m1/s1. The molecule has 4 heterocycles. The van der Waals surface area contributed by atoms with Gasteiger partial charge in [-0.2, -0.15) is 0 Å². The summed E-state index contributed by atoms with van der Waals surface area (Å²) < 4.78 is 2.01. The molecule has 1 saturated heterocycles. The van der Waals surface area contributed by atoms with Gasteiger partial charge >= 0.3 is 5.91 Å². The molecule has 0 aliphatic carbocycles. The Morgan fingerprint density at radius 3 is 3.26 bits per heavy atom. The highest BCUT2D eigenvalue weighted by Crippen LogP contribution is 2.27. The molecule has 0 unspecified atom stereocenters. The van der Waals surface area contributed by atoms with Crippen molar-refractivity contribution in [2.24, 2.45) is 0 Å². The fourth-order valence-corrected chi connectivity index (χ4v) is 3.24. The van der Waals surface area contributed by atoms with E-state index in [1.807, 2.05) is 16.7 Å². The third-order valence-electron chi connectivity index (χ3n) is 4.32. The van der Waals surface area contributed by atoms with Crippen molar-refractivity contribution in [1.29, 1.82) is 0 Å².